The molecule has 0 aliphatic carbocycles. The summed E-state index contributed by atoms with van der Waals surface area (Å²) in [5, 5.41) is 9.77. The molecule has 1 N–H and O–H groups in total. The van der Waals surface area contributed by atoms with Crippen LogP contribution < -0.4 is 0 Å². The van der Waals surface area contributed by atoms with Gasteiger partial charge in [0, 0.05) is 19.0 Å². The molecule has 1 saturated heterocycles. The normalized spacial score (nSPS) is 18.3. The average molecular weight is 494 g/mol. The molecular formula is C31H59NO3. The predicted molar refractivity (Wildman–Crippen MR) is 149 cm³/mol. The van der Waals surface area contributed by atoms with Gasteiger partial charge in [-0.05, 0) is 19.3 Å². The molecule has 1 aliphatic heterocycles. The number of likely N-dealkylation sites (tertiary alicyclic amines) is 1. The fourth-order valence-corrected chi connectivity index (χ4v) is 5.74. The lowest BCUT2D eigenvalue weighted by Crippen LogP contribution is -2.51. The zero-order chi connectivity index (χ0) is 25.6. The molecule has 2 atom stereocenters. The van der Waals surface area contributed by atoms with Gasteiger partial charge in [-0.15, -0.1) is 0 Å². The number of unbranched alkanes of at least 4 members (excludes halogenated alkanes) is 19. The number of carboxylic acids is 1. The third kappa shape index (κ3) is 15.6. The van der Waals surface area contributed by atoms with Crippen LogP contribution in [-0.4, -0.2) is 34.5 Å². The van der Waals surface area contributed by atoms with Crippen molar-refractivity contribution in [2.24, 2.45) is 5.92 Å². The van der Waals surface area contributed by atoms with Crippen LogP contribution in [0.1, 0.15) is 168 Å². The van der Waals surface area contributed by atoms with Crippen LogP contribution in [0.4, 0.5) is 0 Å². The summed E-state index contributed by atoms with van der Waals surface area (Å²) in [6.07, 6.45) is 28.9. The summed E-state index contributed by atoms with van der Waals surface area (Å²) in [6, 6.07) is -0.0913. The van der Waals surface area contributed by atoms with Crippen LogP contribution in [0.15, 0.2) is 0 Å². The van der Waals surface area contributed by atoms with Gasteiger partial charge < -0.3 is 10.0 Å². The fourth-order valence-electron chi connectivity index (χ4n) is 5.74. The van der Waals surface area contributed by atoms with Crippen molar-refractivity contribution in [3.8, 4) is 0 Å². The van der Waals surface area contributed by atoms with Crippen molar-refractivity contribution >= 4 is 11.9 Å². The van der Waals surface area contributed by atoms with E-state index in [-0.39, 0.29) is 17.9 Å². The van der Waals surface area contributed by atoms with Gasteiger partial charge in [0.05, 0.1) is 5.92 Å². The highest BCUT2D eigenvalue weighted by atomic mass is 16.4. The first-order chi connectivity index (χ1) is 17.1. The maximum absolute atomic E-state index is 12.7. The molecular weight excluding hydrogens is 434 g/mol. The van der Waals surface area contributed by atoms with Gasteiger partial charge in [0.1, 0.15) is 0 Å². The molecule has 0 radical (unpaired) electrons. The molecule has 0 spiro atoms. The van der Waals surface area contributed by atoms with Gasteiger partial charge in [-0.25, -0.2) is 0 Å². The quantitative estimate of drug-likeness (QED) is 0.136. The van der Waals surface area contributed by atoms with Gasteiger partial charge in [-0.1, -0.05) is 142 Å². The summed E-state index contributed by atoms with van der Waals surface area (Å²) >= 11 is 0. The summed E-state index contributed by atoms with van der Waals surface area (Å²) in [5.74, 6) is -0.902. The smallest absolute Gasteiger partial charge is 0.308 e. The van der Waals surface area contributed by atoms with E-state index in [1.54, 1.807) is 0 Å². The Morgan fingerprint density at radius 2 is 1.09 bits per heavy atom. The highest BCUT2D eigenvalue weighted by Crippen LogP contribution is 2.29. The monoisotopic (exact) mass is 493 g/mol. The lowest BCUT2D eigenvalue weighted by Gasteiger charge is -2.40. The van der Waals surface area contributed by atoms with E-state index in [4.69, 9.17) is 0 Å². The molecule has 0 aromatic rings. The first-order valence-electron chi connectivity index (χ1n) is 15.6. The number of carboxylic acid groups (broad SMARTS) is 1. The molecule has 1 amide bonds. The molecule has 4 nitrogen and oxygen atoms in total. The first kappa shape index (κ1) is 32.0. The highest BCUT2D eigenvalue weighted by Gasteiger charge is 2.38. The molecule has 0 bridgehead atoms. The number of nitrogens with zero attached hydrogens (tertiary/aromatic N) is 1. The number of hydrogen-bond acceptors (Lipinski definition) is 2. The van der Waals surface area contributed by atoms with E-state index in [2.05, 4.69) is 13.8 Å². The van der Waals surface area contributed by atoms with Crippen molar-refractivity contribution in [3.63, 3.8) is 0 Å². The van der Waals surface area contributed by atoms with Crippen LogP contribution in [0.2, 0.25) is 0 Å². The summed E-state index contributed by atoms with van der Waals surface area (Å²) in [6.45, 7) is 5.26. The number of carbonyl (C=O) groups is 2. The van der Waals surface area contributed by atoms with Gasteiger partial charge in [0.25, 0.3) is 0 Å². The number of aliphatic carboxylic acids is 1. The van der Waals surface area contributed by atoms with Crippen LogP contribution in [0.3, 0.4) is 0 Å². The van der Waals surface area contributed by atoms with Gasteiger partial charge in [-0.3, -0.25) is 9.59 Å². The largest absolute Gasteiger partial charge is 0.481 e. The zero-order valence-electron chi connectivity index (χ0n) is 23.5. The van der Waals surface area contributed by atoms with Crippen molar-refractivity contribution in [1.82, 2.24) is 4.90 Å². The van der Waals surface area contributed by atoms with Crippen molar-refractivity contribution < 1.29 is 14.7 Å². The number of carbonyl (C=O) groups excluding carboxylic acids is 1. The Kier molecular flexibility index (Phi) is 20.2. The van der Waals surface area contributed by atoms with Gasteiger partial charge in [0.15, 0.2) is 0 Å². The van der Waals surface area contributed by atoms with E-state index >= 15 is 0 Å². The Morgan fingerprint density at radius 3 is 1.51 bits per heavy atom. The van der Waals surface area contributed by atoms with Gasteiger partial charge in [0.2, 0.25) is 5.91 Å². The molecule has 35 heavy (non-hydrogen) atoms. The zero-order valence-corrected chi connectivity index (χ0v) is 23.5. The second-order valence-corrected chi connectivity index (χ2v) is 11.1. The topological polar surface area (TPSA) is 57.6 Å². The van der Waals surface area contributed by atoms with Crippen LogP contribution in [-0.2, 0) is 9.59 Å². The molecule has 206 valence electrons. The standard InChI is InChI=1S/C31H59NO3/c1-3-5-7-9-11-12-13-14-15-16-17-19-21-23-27-32-29(24-22-20-18-10-8-6-4-2)28(31(34)35)25-26-30(32)33/h28-29H,3-27H2,1-2H3,(H,34,35)/t28-,29+/m0/s1. The second kappa shape index (κ2) is 22.2. The predicted octanol–water partition coefficient (Wildman–Crippen LogP) is 9.30. The first-order valence-corrected chi connectivity index (χ1v) is 15.6. The maximum Gasteiger partial charge on any atom is 0.308 e. The van der Waals surface area contributed by atoms with Crippen LogP contribution in [0, 0.1) is 5.92 Å². The Balaban J connectivity index is 2.19. The second-order valence-electron chi connectivity index (χ2n) is 11.1. The van der Waals surface area contributed by atoms with Gasteiger partial charge >= 0.3 is 5.97 Å². The Hall–Kier alpha value is -1.06. The third-order valence-electron chi connectivity index (χ3n) is 8.03. The van der Waals surface area contributed by atoms with Crippen molar-refractivity contribution in [3.05, 3.63) is 0 Å². The van der Waals surface area contributed by atoms with Crippen LogP contribution in [0.25, 0.3) is 0 Å². The molecule has 1 rings (SSSR count). The SMILES string of the molecule is CCCCCCCCCCCCCCCCN1C(=O)CC[C@H](C(=O)O)[C@H]1CCCCCCCCC. The van der Waals surface area contributed by atoms with Crippen LogP contribution >= 0.6 is 0 Å². The minimum absolute atomic E-state index is 0.0913. The molecule has 1 fully saturated rings. The lowest BCUT2D eigenvalue weighted by atomic mass is 9.85. The Bertz CT molecular complexity index is 521. The summed E-state index contributed by atoms with van der Waals surface area (Å²) in [4.78, 5) is 26.5. The molecule has 1 aliphatic rings. The molecule has 0 aromatic carbocycles. The maximum atomic E-state index is 12.7. The summed E-state index contributed by atoms with van der Waals surface area (Å²) < 4.78 is 0. The van der Waals surface area contributed by atoms with Gasteiger partial charge in [-0.2, -0.15) is 0 Å². The molecule has 0 aromatic heterocycles. The third-order valence-corrected chi connectivity index (χ3v) is 8.03. The molecule has 4 heteroatoms. The summed E-state index contributed by atoms with van der Waals surface area (Å²) in [7, 11) is 0. The molecule has 0 saturated carbocycles. The van der Waals surface area contributed by atoms with E-state index in [0.717, 1.165) is 38.6 Å². The molecule has 0 unspecified atom stereocenters. The van der Waals surface area contributed by atoms with Crippen molar-refractivity contribution in [2.45, 2.75) is 174 Å². The highest BCUT2D eigenvalue weighted by molar-refractivity contribution is 5.81. The number of hydrogen-bond donors (Lipinski definition) is 1. The minimum atomic E-state index is -0.712. The van der Waals surface area contributed by atoms with Crippen molar-refractivity contribution in [1.29, 1.82) is 0 Å². The lowest BCUT2D eigenvalue weighted by molar-refractivity contribution is -0.152. The average Bonchev–Trinajstić information content (AvgIpc) is 2.84. The summed E-state index contributed by atoms with van der Waals surface area (Å²) in [5.41, 5.74) is 0. The number of rotatable bonds is 24. The minimum Gasteiger partial charge on any atom is -0.481 e. The molecule has 1 heterocycles. The fraction of sp³-hybridized carbons (Fsp3) is 0.935. The van der Waals surface area contributed by atoms with Crippen LogP contribution in [0.5, 0.6) is 0 Å². The van der Waals surface area contributed by atoms with E-state index in [1.165, 1.54) is 109 Å². The Labute approximate surface area is 218 Å². The number of amides is 1. The van der Waals surface area contributed by atoms with Crippen molar-refractivity contribution in [2.75, 3.05) is 6.54 Å². The van der Waals surface area contributed by atoms with E-state index in [0.29, 0.717) is 12.8 Å². The van der Waals surface area contributed by atoms with E-state index in [1.807, 2.05) is 4.90 Å². The van der Waals surface area contributed by atoms with E-state index in [9.17, 15) is 14.7 Å². The Morgan fingerprint density at radius 1 is 0.686 bits per heavy atom. The number of piperidine rings is 1. The van der Waals surface area contributed by atoms with E-state index < -0.39 is 5.97 Å².